The topological polar surface area (TPSA) is 60.9 Å². The van der Waals surface area contributed by atoms with Crippen LogP contribution < -0.4 is 9.21 Å². The number of hydrogen-bond donors (Lipinski definition) is 0. The molecule has 6 nitrogen and oxygen atoms in total. The van der Waals surface area contributed by atoms with Crippen LogP contribution in [0.2, 0.25) is 0 Å². The molecule has 3 rings (SSSR count). The molecule has 2 aromatic carbocycles. The van der Waals surface area contributed by atoms with Crippen molar-refractivity contribution in [3.63, 3.8) is 0 Å². The lowest BCUT2D eigenvalue weighted by molar-refractivity contribution is 0.0981. The molecule has 0 fully saturated rings. The van der Waals surface area contributed by atoms with Gasteiger partial charge in [-0.2, -0.15) is 12.7 Å². The fourth-order valence-electron chi connectivity index (χ4n) is 3.21. The molecular weight excluding hydrogens is 350 g/mol. The average Bonchev–Trinajstić information content (AvgIpc) is 2.96. The van der Waals surface area contributed by atoms with E-state index in [4.69, 9.17) is 0 Å². The molecule has 138 valence electrons. The van der Waals surface area contributed by atoms with E-state index in [0.717, 1.165) is 16.4 Å². The highest BCUT2D eigenvalue weighted by Crippen LogP contribution is 2.33. The Labute approximate surface area is 154 Å². The van der Waals surface area contributed by atoms with E-state index in [0.29, 0.717) is 11.3 Å². The van der Waals surface area contributed by atoms with Crippen molar-refractivity contribution in [2.45, 2.75) is 19.4 Å². The molecule has 2 aromatic rings. The molecule has 0 aromatic heterocycles. The third-order valence-electron chi connectivity index (χ3n) is 4.71. The van der Waals surface area contributed by atoms with Gasteiger partial charge in [0.15, 0.2) is 0 Å². The Morgan fingerprint density at radius 3 is 2.27 bits per heavy atom. The zero-order chi connectivity index (χ0) is 19.1. The Balaban J connectivity index is 1.87. The number of benzene rings is 2. The predicted octanol–water partition coefficient (Wildman–Crippen LogP) is 2.52. The van der Waals surface area contributed by atoms with Crippen LogP contribution in [-0.4, -0.2) is 45.8 Å². The fraction of sp³-hybridized carbons (Fsp3) is 0.316. The first-order chi connectivity index (χ1) is 12.2. The maximum absolute atomic E-state index is 13.0. The smallest absolute Gasteiger partial charge is 0.303 e. The summed E-state index contributed by atoms with van der Waals surface area (Å²) < 4.78 is 26.8. The Hall–Kier alpha value is -2.38. The van der Waals surface area contributed by atoms with E-state index >= 15 is 0 Å². The zero-order valence-corrected chi connectivity index (χ0v) is 16.2. The molecule has 0 saturated carbocycles. The molecule has 1 aliphatic heterocycles. The van der Waals surface area contributed by atoms with Crippen LogP contribution in [0.5, 0.6) is 0 Å². The van der Waals surface area contributed by atoms with Crippen LogP contribution >= 0.6 is 0 Å². The Morgan fingerprint density at radius 2 is 1.65 bits per heavy atom. The van der Waals surface area contributed by atoms with Crippen molar-refractivity contribution >= 4 is 27.5 Å². The third kappa shape index (κ3) is 3.08. The summed E-state index contributed by atoms with van der Waals surface area (Å²) in [6.45, 7) is 2.03. The number of amides is 1. The van der Waals surface area contributed by atoms with Crippen molar-refractivity contribution in [1.82, 2.24) is 4.31 Å². The highest BCUT2D eigenvalue weighted by atomic mass is 32.2. The first-order valence-electron chi connectivity index (χ1n) is 8.41. The van der Waals surface area contributed by atoms with E-state index in [-0.39, 0.29) is 11.9 Å². The van der Waals surface area contributed by atoms with E-state index in [2.05, 4.69) is 0 Å². The van der Waals surface area contributed by atoms with Crippen LogP contribution in [-0.2, 0) is 16.6 Å². The number of fused-ring (bicyclic) bond motifs is 1. The summed E-state index contributed by atoms with van der Waals surface area (Å²) in [7, 11) is 0.899. The molecule has 0 saturated heterocycles. The summed E-state index contributed by atoms with van der Waals surface area (Å²) in [5.74, 6) is -0.0767. The highest BCUT2D eigenvalue weighted by molar-refractivity contribution is 7.90. The van der Waals surface area contributed by atoms with Gasteiger partial charge >= 0.3 is 10.2 Å². The minimum absolute atomic E-state index is 0.0767. The molecule has 0 radical (unpaired) electrons. The second-order valence-electron chi connectivity index (χ2n) is 6.66. The second kappa shape index (κ2) is 6.74. The third-order valence-corrected chi connectivity index (χ3v) is 6.54. The summed E-state index contributed by atoms with van der Waals surface area (Å²) in [5, 5.41) is 0. The van der Waals surface area contributed by atoms with Gasteiger partial charge in [0.25, 0.3) is 5.91 Å². The van der Waals surface area contributed by atoms with Crippen molar-refractivity contribution in [2.75, 3.05) is 30.3 Å². The number of nitrogens with zero attached hydrogens (tertiary/aromatic N) is 3. The van der Waals surface area contributed by atoms with E-state index in [1.807, 2.05) is 36.1 Å². The van der Waals surface area contributed by atoms with Gasteiger partial charge in [0.05, 0.1) is 5.69 Å². The number of anilines is 2. The van der Waals surface area contributed by atoms with Crippen molar-refractivity contribution in [1.29, 1.82) is 0 Å². The standard InChI is InChI=1S/C19H23N3O3S/c1-14-13-16-7-5-6-8-18(16)22(14)19(23)15-9-11-17(12-10-15)21(4)26(24,25)20(2)3/h5-12,14H,13H2,1-4H3. The molecule has 0 bridgehead atoms. The van der Waals surface area contributed by atoms with Gasteiger partial charge in [-0.1, -0.05) is 18.2 Å². The molecule has 26 heavy (non-hydrogen) atoms. The lowest BCUT2D eigenvalue weighted by atomic mass is 10.1. The maximum Gasteiger partial charge on any atom is 0.303 e. The molecule has 1 aliphatic rings. The first-order valence-corrected chi connectivity index (χ1v) is 9.81. The second-order valence-corrected chi connectivity index (χ2v) is 8.84. The Morgan fingerprint density at radius 1 is 1.04 bits per heavy atom. The lowest BCUT2D eigenvalue weighted by Gasteiger charge is -2.25. The average molecular weight is 373 g/mol. The summed E-state index contributed by atoms with van der Waals surface area (Å²) in [5.41, 5.74) is 3.15. The van der Waals surface area contributed by atoms with Gasteiger partial charge in [-0.25, -0.2) is 0 Å². The minimum atomic E-state index is -3.56. The van der Waals surface area contributed by atoms with Crippen molar-refractivity contribution in [3.05, 3.63) is 59.7 Å². The van der Waals surface area contributed by atoms with Crippen molar-refractivity contribution in [3.8, 4) is 0 Å². The Kier molecular flexibility index (Phi) is 4.77. The van der Waals surface area contributed by atoms with Gasteiger partial charge in [0.1, 0.15) is 0 Å². The number of rotatable bonds is 4. The van der Waals surface area contributed by atoms with Crippen molar-refractivity contribution in [2.24, 2.45) is 0 Å². The normalized spacial score (nSPS) is 16.7. The van der Waals surface area contributed by atoms with E-state index < -0.39 is 10.2 Å². The summed E-state index contributed by atoms with van der Waals surface area (Å²) in [6.07, 6.45) is 0.837. The molecule has 0 N–H and O–H groups in total. The van der Waals surface area contributed by atoms with Crippen molar-refractivity contribution < 1.29 is 13.2 Å². The monoisotopic (exact) mass is 373 g/mol. The summed E-state index contributed by atoms with van der Waals surface area (Å²) >= 11 is 0. The van der Waals surface area contributed by atoms with Gasteiger partial charge in [0, 0.05) is 38.4 Å². The Bertz CT molecular complexity index is 923. The molecule has 1 unspecified atom stereocenters. The quantitative estimate of drug-likeness (QED) is 0.827. The molecule has 7 heteroatoms. The molecule has 1 atom stereocenters. The number of carbonyl (C=O) groups is 1. The van der Waals surface area contributed by atoms with Crippen LogP contribution in [0.4, 0.5) is 11.4 Å². The van der Waals surface area contributed by atoms with Crippen LogP contribution in [0.1, 0.15) is 22.8 Å². The summed E-state index contributed by atoms with van der Waals surface area (Å²) in [4.78, 5) is 14.8. The predicted molar refractivity (Wildman–Crippen MR) is 104 cm³/mol. The number of hydrogen-bond acceptors (Lipinski definition) is 3. The van der Waals surface area contributed by atoms with Crippen LogP contribution in [0.3, 0.4) is 0 Å². The molecule has 1 heterocycles. The van der Waals surface area contributed by atoms with E-state index in [9.17, 15) is 13.2 Å². The molecular formula is C19H23N3O3S. The molecule has 1 amide bonds. The SMILES string of the molecule is CC1Cc2ccccc2N1C(=O)c1ccc(N(C)S(=O)(=O)N(C)C)cc1. The van der Waals surface area contributed by atoms with E-state index in [1.165, 1.54) is 31.0 Å². The number of carbonyl (C=O) groups excluding carboxylic acids is 1. The van der Waals surface area contributed by atoms with Gasteiger partial charge in [-0.05, 0) is 49.2 Å². The van der Waals surface area contributed by atoms with Gasteiger partial charge < -0.3 is 4.90 Å². The first kappa shape index (κ1) is 18.4. The lowest BCUT2D eigenvalue weighted by Crippen LogP contribution is -2.37. The van der Waals surface area contributed by atoms with Crippen LogP contribution in [0.15, 0.2) is 48.5 Å². The van der Waals surface area contributed by atoms with Gasteiger partial charge in [-0.15, -0.1) is 0 Å². The highest BCUT2D eigenvalue weighted by Gasteiger charge is 2.31. The molecule has 0 aliphatic carbocycles. The maximum atomic E-state index is 13.0. The largest absolute Gasteiger partial charge is 0.305 e. The fourth-order valence-corrected chi connectivity index (χ4v) is 4.08. The van der Waals surface area contributed by atoms with Gasteiger partial charge in [-0.3, -0.25) is 9.10 Å². The minimum Gasteiger partial charge on any atom is -0.305 e. The number of para-hydroxylation sites is 1. The van der Waals surface area contributed by atoms with Crippen LogP contribution in [0, 0.1) is 0 Å². The summed E-state index contributed by atoms with van der Waals surface area (Å²) in [6, 6.07) is 14.7. The molecule has 0 spiro atoms. The van der Waals surface area contributed by atoms with Gasteiger partial charge in [0.2, 0.25) is 0 Å². The van der Waals surface area contributed by atoms with E-state index in [1.54, 1.807) is 24.3 Å². The van der Waals surface area contributed by atoms with Crippen LogP contribution in [0.25, 0.3) is 0 Å². The zero-order valence-electron chi connectivity index (χ0n) is 15.4.